The first-order chi connectivity index (χ1) is 16.9. The van der Waals surface area contributed by atoms with Gasteiger partial charge in [0.05, 0.1) is 11.6 Å². The van der Waals surface area contributed by atoms with Crippen LogP contribution < -0.4 is 16.0 Å². The van der Waals surface area contributed by atoms with E-state index in [0.29, 0.717) is 18.4 Å². The molecule has 0 fully saturated rings. The second kappa shape index (κ2) is 11.0. The van der Waals surface area contributed by atoms with Gasteiger partial charge in [-0.1, -0.05) is 94.4 Å². The van der Waals surface area contributed by atoms with Crippen molar-refractivity contribution in [1.29, 1.82) is 0 Å². The van der Waals surface area contributed by atoms with Gasteiger partial charge in [0.15, 0.2) is 0 Å². The zero-order valence-corrected chi connectivity index (χ0v) is 20.9. The van der Waals surface area contributed by atoms with Gasteiger partial charge >= 0.3 is 6.03 Å². The number of carbonyl (C=O) groups excluding carboxylic acids is 1. The molecule has 4 rings (SSSR count). The van der Waals surface area contributed by atoms with Crippen molar-refractivity contribution in [3.8, 4) is 0 Å². The molecule has 0 aliphatic rings. The number of carbonyl (C=O) groups is 1. The SMILES string of the molecule is CC(C)c1cccc(C(C)C)c1NC(=O)NCC(Nc1ccc2ccccc2n1)c1ccccc1. The van der Waals surface area contributed by atoms with Crippen molar-refractivity contribution in [2.45, 2.75) is 45.6 Å². The Labute approximate surface area is 208 Å². The van der Waals surface area contributed by atoms with Crippen LogP contribution in [0, 0.1) is 0 Å². The smallest absolute Gasteiger partial charge is 0.319 e. The van der Waals surface area contributed by atoms with Gasteiger partial charge in [-0.2, -0.15) is 0 Å². The van der Waals surface area contributed by atoms with E-state index in [1.807, 2.05) is 48.5 Å². The number of anilines is 2. The third-order valence-corrected chi connectivity index (χ3v) is 6.20. The highest BCUT2D eigenvalue weighted by atomic mass is 16.2. The number of hydrogen-bond donors (Lipinski definition) is 3. The molecule has 1 aromatic heterocycles. The van der Waals surface area contributed by atoms with Gasteiger partial charge in [0, 0.05) is 17.6 Å². The molecule has 0 aliphatic carbocycles. The maximum absolute atomic E-state index is 13.1. The van der Waals surface area contributed by atoms with Crippen LogP contribution in [0.4, 0.5) is 16.3 Å². The van der Waals surface area contributed by atoms with Crippen LogP contribution in [0.1, 0.15) is 62.3 Å². The van der Waals surface area contributed by atoms with Crippen LogP contribution in [-0.4, -0.2) is 17.6 Å². The number of para-hydroxylation sites is 2. The van der Waals surface area contributed by atoms with Crippen molar-refractivity contribution >= 4 is 28.4 Å². The lowest BCUT2D eigenvalue weighted by molar-refractivity contribution is 0.251. The predicted octanol–water partition coefficient (Wildman–Crippen LogP) is 7.46. The number of benzene rings is 3. The lowest BCUT2D eigenvalue weighted by Gasteiger charge is -2.23. The van der Waals surface area contributed by atoms with E-state index >= 15 is 0 Å². The summed E-state index contributed by atoms with van der Waals surface area (Å²) < 4.78 is 0. The summed E-state index contributed by atoms with van der Waals surface area (Å²) in [5, 5.41) is 10.8. The minimum Gasteiger partial charge on any atom is -0.361 e. The fourth-order valence-electron chi connectivity index (χ4n) is 4.31. The summed E-state index contributed by atoms with van der Waals surface area (Å²) in [4.78, 5) is 17.8. The summed E-state index contributed by atoms with van der Waals surface area (Å²) in [6.07, 6.45) is 0. The molecule has 0 radical (unpaired) electrons. The zero-order valence-electron chi connectivity index (χ0n) is 20.9. The first-order valence-corrected chi connectivity index (χ1v) is 12.3. The monoisotopic (exact) mass is 466 g/mol. The lowest BCUT2D eigenvalue weighted by atomic mass is 9.93. The molecule has 2 amide bonds. The van der Waals surface area contributed by atoms with Crippen molar-refractivity contribution in [2.24, 2.45) is 0 Å². The molecule has 3 aromatic carbocycles. The maximum Gasteiger partial charge on any atom is 0.319 e. The van der Waals surface area contributed by atoms with Crippen LogP contribution in [0.15, 0.2) is 84.9 Å². The number of nitrogens with one attached hydrogen (secondary N) is 3. The first kappa shape index (κ1) is 24.3. The van der Waals surface area contributed by atoms with E-state index in [0.717, 1.165) is 39.1 Å². The minimum absolute atomic E-state index is 0.138. The maximum atomic E-state index is 13.1. The molecule has 1 unspecified atom stereocenters. The highest BCUT2D eigenvalue weighted by Crippen LogP contribution is 2.32. The van der Waals surface area contributed by atoms with Gasteiger partial charge in [0.2, 0.25) is 0 Å². The van der Waals surface area contributed by atoms with E-state index < -0.39 is 0 Å². The number of fused-ring (bicyclic) bond motifs is 1. The van der Waals surface area contributed by atoms with Gasteiger partial charge in [-0.15, -0.1) is 0 Å². The topological polar surface area (TPSA) is 66.1 Å². The molecule has 0 spiro atoms. The Balaban J connectivity index is 1.52. The van der Waals surface area contributed by atoms with Crippen molar-refractivity contribution in [3.05, 3.63) is 102 Å². The molecule has 180 valence electrons. The average Bonchev–Trinajstić information content (AvgIpc) is 2.86. The molecule has 3 N–H and O–H groups in total. The first-order valence-electron chi connectivity index (χ1n) is 12.3. The molecule has 0 aliphatic heterocycles. The number of hydrogen-bond acceptors (Lipinski definition) is 3. The van der Waals surface area contributed by atoms with E-state index in [-0.39, 0.29) is 12.1 Å². The fraction of sp³-hybridized carbons (Fsp3) is 0.267. The van der Waals surface area contributed by atoms with Crippen molar-refractivity contribution < 1.29 is 4.79 Å². The highest BCUT2D eigenvalue weighted by molar-refractivity contribution is 5.91. The Morgan fingerprint density at radius 1 is 0.771 bits per heavy atom. The molecule has 5 heteroatoms. The molecule has 35 heavy (non-hydrogen) atoms. The standard InChI is InChI=1S/C30H34N4O/c1-20(2)24-14-10-15-25(21(3)4)29(24)34-30(35)31-19-27(22-11-6-5-7-12-22)33-28-18-17-23-13-8-9-16-26(23)32-28/h5-18,20-21,27H,19H2,1-4H3,(H,32,33)(H2,31,34,35). The molecule has 0 bridgehead atoms. The van der Waals surface area contributed by atoms with Gasteiger partial charge in [-0.25, -0.2) is 9.78 Å². The van der Waals surface area contributed by atoms with Gasteiger partial charge in [-0.05, 0) is 46.7 Å². The molecule has 1 atom stereocenters. The Morgan fingerprint density at radius 3 is 2.11 bits per heavy atom. The second-order valence-corrected chi connectivity index (χ2v) is 9.45. The number of aromatic nitrogens is 1. The Morgan fingerprint density at radius 2 is 1.43 bits per heavy atom. The van der Waals surface area contributed by atoms with Crippen LogP contribution in [0.2, 0.25) is 0 Å². The minimum atomic E-state index is -0.214. The molecule has 5 nitrogen and oxygen atoms in total. The number of nitrogens with zero attached hydrogens (tertiary/aromatic N) is 1. The molecule has 0 saturated heterocycles. The van der Waals surface area contributed by atoms with Crippen LogP contribution in [0.5, 0.6) is 0 Å². The van der Waals surface area contributed by atoms with E-state index in [1.54, 1.807) is 0 Å². The highest BCUT2D eigenvalue weighted by Gasteiger charge is 2.18. The van der Waals surface area contributed by atoms with Gasteiger partial charge in [0.1, 0.15) is 5.82 Å². The summed E-state index contributed by atoms with van der Waals surface area (Å²) in [7, 11) is 0. The van der Waals surface area contributed by atoms with E-state index in [4.69, 9.17) is 4.98 Å². The zero-order chi connectivity index (χ0) is 24.8. The predicted molar refractivity (Wildman–Crippen MR) is 146 cm³/mol. The molecular formula is C30H34N4O. The summed E-state index contributed by atoms with van der Waals surface area (Å²) in [6, 6.07) is 28.1. The fourth-order valence-corrected chi connectivity index (χ4v) is 4.31. The Hall–Kier alpha value is -3.86. The van der Waals surface area contributed by atoms with E-state index in [2.05, 4.69) is 80.0 Å². The van der Waals surface area contributed by atoms with E-state index in [9.17, 15) is 4.79 Å². The Kier molecular flexibility index (Phi) is 7.66. The van der Waals surface area contributed by atoms with Crippen LogP contribution in [0.25, 0.3) is 10.9 Å². The average molecular weight is 467 g/mol. The normalized spacial score (nSPS) is 12.1. The third-order valence-electron chi connectivity index (χ3n) is 6.20. The summed E-state index contributed by atoms with van der Waals surface area (Å²) in [5.41, 5.74) is 5.21. The van der Waals surface area contributed by atoms with Gasteiger partial charge in [0.25, 0.3) is 0 Å². The largest absolute Gasteiger partial charge is 0.361 e. The number of amides is 2. The van der Waals surface area contributed by atoms with Crippen molar-refractivity contribution in [2.75, 3.05) is 17.2 Å². The van der Waals surface area contributed by atoms with Crippen LogP contribution in [0.3, 0.4) is 0 Å². The number of urea groups is 1. The van der Waals surface area contributed by atoms with Crippen molar-refractivity contribution in [3.63, 3.8) is 0 Å². The summed E-state index contributed by atoms with van der Waals surface area (Å²) in [6.45, 7) is 9.00. The second-order valence-electron chi connectivity index (χ2n) is 9.45. The van der Waals surface area contributed by atoms with Crippen LogP contribution >= 0.6 is 0 Å². The number of pyridine rings is 1. The summed E-state index contributed by atoms with van der Waals surface area (Å²) >= 11 is 0. The third kappa shape index (κ3) is 5.99. The Bertz CT molecular complexity index is 1260. The van der Waals surface area contributed by atoms with Gasteiger partial charge in [-0.3, -0.25) is 0 Å². The van der Waals surface area contributed by atoms with Crippen molar-refractivity contribution in [1.82, 2.24) is 10.3 Å². The molecular weight excluding hydrogens is 432 g/mol. The molecule has 4 aromatic rings. The van der Waals surface area contributed by atoms with Gasteiger partial charge < -0.3 is 16.0 Å². The van der Waals surface area contributed by atoms with E-state index in [1.165, 1.54) is 0 Å². The summed E-state index contributed by atoms with van der Waals surface area (Å²) in [5.74, 6) is 1.38. The number of rotatable bonds is 8. The molecule has 1 heterocycles. The quantitative estimate of drug-likeness (QED) is 0.252. The van der Waals surface area contributed by atoms with Crippen LogP contribution in [-0.2, 0) is 0 Å². The lowest BCUT2D eigenvalue weighted by Crippen LogP contribution is -2.35. The molecule has 0 saturated carbocycles.